The number of amides is 1. The second-order valence-corrected chi connectivity index (χ2v) is 9.26. The van der Waals surface area contributed by atoms with Crippen LogP contribution in [0.5, 0.6) is 17.2 Å². The summed E-state index contributed by atoms with van der Waals surface area (Å²) in [5.74, 6) is 1.72. The van der Waals surface area contributed by atoms with Gasteiger partial charge in [0.2, 0.25) is 5.91 Å². The average molecular weight is 515 g/mol. The summed E-state index contributed by atoms with van der Waals surface area (Å²) < 4.78 is 17.9. The van der Waals surface area contributed by atoms with E-state index in [4.69, 9.17) is 19.2 Å². The van der Waals surface area contributed by atoms with Gasteiger partial charge in [-0.25, -0.2) is 4.98 Å². The van der Waals surface area contributed by atoms with E-state index in [1.165, 1.54) is 16.3 Å². The van der Waals surface area contributed by atoms with Gasteiger partial charge in [0.1, 0.15) is 30.0 Å². The smallest absolute Gasteiger partial charge is 0.283 e. The molecule has 37 heavy (non-hydrogen) atoms. The number of anilines is 1. The number of ether oxygens (including phenoxy) is 3. The van der Waals surface area contributed by atoms with Gasteiger partial charge in [0.15, 0.2) is 16.7 Å². The summed E-state index contributed by atoms with van der Waals surface area (Å²) >= 11 is 1.19. The van der Waals surface area contributed by atoms with Crippen molar-refractivity contribution in [2.75, 3.05) is 31.4 Å². The molecule has 0 saturated carbocycles. The van der Waals surface area contributed by atoms with Crippen molar-refractivity contribution in [3.05, 3.63) is 77.1 Å². The molecule has 0 spiro atoms. The van der Waals surface area contributed by atoms with E-state index in [0.29, 0.717) is 58.0 Å². The molecule has 5 aromatic rings. The molecule has 0 fully saturated rings. The fraction of sp³-hybridized carbons (Fsp3) is 0.148. The number of carbonyl (C=O) groups excluding carboxylic acids is 1. The van der Waals surface area contributed by atoms with Gasteiger partial charge in [0.25, 0.3) is 5.56 Å². The van der Waals surface area contributed by atoms with E-state index < -0.39 is 0 Å². The molecule has 2 N–H and O–H groups in total. The van der Waals surface area contributed by atoms with Crippen LogP contribution in [0.1, 0.15) is 0 Å². The van der Waals surface area contributed by atoms with Gasteiger partial charge in [-0.05, 0) is 42.5 Å². The van der Waals surface area contributed by atoms with E-state index in [1.54, 1.807) is 49.6 Å². The molecule has 0 saturated heterocycles. The van der Waals surface area contributed by atoms with Crippen LogP contribution in [0.15, 0.2) is 76.7 Å². The molecule has 0 radical (unpaired) electrons. The van der Waals surface area contributed by atoms with Crippen molar-refractivity contribution >= 4 is 45.3 Å². The van der Waals surface area contributed by atoms with Crippen molar-refractivity contribution in [1.82, 2.24) is 14.5 Å². The maximum absolute atomic E-state index is 13.7. The molecule has 1 amide bonds. The zero-order valence-electron chi connectivity index (χ0n) is 19.8. The van der Waals surface area contributed by atoms with Crippen molar-refractivity contribution in [1.29, 1.82) is 0 Å². The fourth-order valence-corrected chi connectivity index (χ4v) is 5.05. The maximum atomic E-state index is 13.7. The lowest BCUT2D eigenvalue weighted by Crippen LogP contribution is -2.23. The van der Waals surface area contributed by atoms with Gasteiger partial charge in [-0.15, -0.1) is 0 Å². The quantitative estimate of drug-likeness (QED) is 0.256. The Labute approximate surface area is 215 Å². The van der Waals surface area contributed by atoms with E-state index in [-0.39, 0.29) is 17.2 Å². The number of aromatic amines is 1. The number of aromatic nitrogens is 3. The van der Waals surface area contributed by atoms with Crippen molar-refractivity contribution in [3.8, 4) is 22.9 Å². The van der Waals surface area contributed by atoms with Crippen LogP contribution in [0.4, 0.5) is 5.69 Å². The lowest BCUT2D eigenvalue weighted by atomic mass is 10.2. The second-order valence-electron chi connectivity index (χ2n) is 8.32. The molecule has 9 nitrogen and oxygen atoms in total. The number of benzene rings is 3. The van der Waals surface area contributed by atoms with Crippen LogP contribution in [-0.2, 0) is 4.79 Å². The number of hydrogen-bond donors (Lipinski definition) is 2. The largest absolute Gasteiger partial charge is 0.497 e. The zero-order chi connectivity index (χ0) is 25.4. The van der Waals surface area contributed by atoms with Gasteiger partial charge in [-0.3, -0.25) is 14.2 Å². The predicted octanol–water partition coefficient (Wildman–Crippen LogP) is 4.38. The number of rotatable bonds is 6. The highest BCUT2D eigenvalue weighted by Gasteiger charge is 2.19. The van der Waals surface area contributed by atoms with Crippen LogP contribution in [0.2, 0.25) is 0 Å². The normalized spacial score (nSPS) is 12.6. The zero-order valence-corrected chi connectivity index (χ0v) is 20.6. The highest BCUT2D eigenvalue weighted by Crippen LogP contribution is 2.33. The number of carbonyl (C=O) groups is 1. The maximum Gasteiger partial charge on any atom is 0.283 e. The minimum Gasteiger partial charge on any atom is -0.497 e. The van der Waals surface area contributed by atoms with Gasteiger partial charge >= 0.3 is 0 Å². The van der Waals surface area contributed by atoms with Crippen LogP contribution >= 0.6 is 11.8 Å². The Kier molecular flexibility index (Phi) is 5.93. The third-order valence-electron chi connectivity index (χ3n) is 5.98. The van der Waals surface area contributed by atoms with E-state index in [9.17, 15) is 9.59 Å². The van der Waals surface area contributed by atoms with Gasteiger partial charge < -0.3 is 24.5 Å². The van der Waals surface area contributed by atoms with Crippen molar-refractivity contribution in [2.24, 2.45) is 0 Å². The minimum absolute atomic E-state index is 0.0465. The Morgan fingerprint density at radius 1 is 1.08 bits per heavy atom. The Hall–Kier alpha value is -4.44. The molecule has 0 unspecified atom stereocenters. The second kappa shape index (κ2) is 9.55. The van der Waals surface area contributed by atoms with Crippen molar-refractivity contribution in [3.63, 3.8) is 0 Å². The minimum atomic E-state index is -0.249. The van der Waals surface area contributed by atoms with E-state index in [0.717, 1.165) is 10.9 Å². The molecular formula is C27H22N4O5S. The average Bonchev–Trinajstić information content (AvgIpc) is 3.31. The van der Waals surface area contributed by atoms with Crippen LogP contribution < -0.4 is 25.1 Å². The highest BCUT2D eigenvalue weighted by atomic mass is 32.2. The first-order chi connectivity index (χ1) is 18.1. The van der Waals surface area contributed by atoms with E-state index >= 15 is 0 Å². The Morgan fingerprint density at radius 2 is 1.86 bits per heavy atom. The van der Waals surface area contributed by atoms with Gasteiger partial charge in [-0.2, -0.15) is 0 Å². The number of fused-ring (bicyclic) bond motifs is 4. The standard InChI is InChI=1S/C27H22N4O5S/c1-34-18-9-7-17(8-10-18)31-26(33)25-24(19-4-2-3-5-20(19)29-25)30-27(31)37-15-23(32)28-16-6-11-21-22(14-16)36-13-12-35-21/h2-11,14,29H,12-13,15H2,1H3,(H,28,32). The Morgan fingerprint density at radius 3 is 2.68 bits per heavy atom. The lowest BCUT2D eigenvalue weighted by Gasteiger charge is -2.19. The first-order valence-corrected chi connectivity index (χ1v) is 12.6. The summed E-state index contributed by atoms with van der Waals surface area (Å²) in [6.45, 7) is 0.962. The third-order valence-corrected chi connectivity index (χ3v) is 6.92. The monoisotopic (exact) mass is 514 g/mol. The number of nitrogens with zero attached hydrogens (tertiary/aromatic N) is 2. The highest BCUT2D eigenvalue weighted by molar-refractivity contribution is 7.99. The molecule has 0 atom stereocenters. The first-order valence-electron chi connectivity index (χ1n) is 11.6. The molecule has 2 aromatic heterocycles. The van der Waals surface area contributed by atoms with Gasteiger partial charge in [0.05, 0.1) is 18.6 Å². The van der Waals surface area contributed by atoms with Crippen LogP contribution in [0.3, 0.4) is 0 Å². The molecule has 0 bridgehead atoms. The molecule has 10 heteroatoms. The SMILES string of the molecule is COc1ccc(-n2c(SCC(=O)Nc3ccc4c(c3)OCCO4)nc3c([nH]c4ccccc43)c2=O)cc1. The predicted molar refractivity (Wildman–Crippen MR) is 143 cm³/mol. The number of thioether (sulfide) groups is 1. The van der Waals surface area contributed by atoms with E-state index in [1.807, 2.05) is 24.3 Å². The summed E-state index contributed by atoms with van der Waals surface area (Å²) in [5, 5.41) is 4.13. The number of hydrogen-bond acceptors (Lipinski definition) is 7. The van der Waals surface area contributed by atoms with E-state index in [2.05, 4.69) is 10.3 Å². The number of H-pyrrole nitrogens is 1. The summed E-state index contributed by atoms with van der Waals surface area (Å²) in [7, 11) is 1.58. The molecule has 3 aromatic carbocycles. The molecule has 1 aliphatic rings. The molecule has 186 valence electrons. The topological polar surface area (TPSA) is 107 Å². The van der Waals surface area contributed by atoms with Crippen molar-refractivity contribution < 1.29 is 19.0 Å². The molecule has 6 rings (SSSR count). The molecular weight excluding hydrogens is 492 g/mol. The van der Waals surface area contributed by atoms with Gasteiger partial charge in [-0.1, -0.05) is 30.0 Å². The van der Waals surface area contributed by atoms with Crippen LogP contribution in [-0.4, -0.2) is 46.5 Å². The number of methoxy groups -OCH3 is 1. The third kappa shape index (κ3) is 4.36. The van der Waals surface area contributed by atoms with Crippen LogP contribution in [0, 0.1) is 0 Å². The number of para-hydroxylation sites is 1. The summed E-state index contributed by atoms with van der Waals surface area (Å²) in [5.41, 5.74) is 2.77. The fourth-order valence-electron chi connectivity index (χ4n) is 4.25. The molecule has 3 heterocycles. The Balaban J connectivity index is 1.34. The summed E-state index contributed by atoms with van der Waals surface area (Å²) in [6.07, 6.45) is 0. The number of nitrogens with one attached hydrogen (secondary N) is 2. The Bertz CT molecular complexity index is 1690. The lowest BCUT2D eigenvalue weighted by molar-refractivity contribution is -0.113. The van der Waals surface area contributed by atoms with Gasteiger partial charge in [0, 0.05) is 22.7 Å². The summed E-state index contributed by atoms with van der Waals surface area (Å²) in [6, 6.07) is 20.0. The summed E-state index contributed by atoms with van der Waals surface area (Å²) in [4.78, 5) is 34.5. The van der Waals surface area contributed by atoms with Crippen molar-refractivity contribution in [2.45, 2.75) is 5.16 Å². The molecule has 0 aliphatic carbocycles. The first kappa shape index (κ1) is 23.0. The van der Waals surface area contributed by atoms with Crippen LogP contribution in [0.25, 0.3) is 27.6 Å². The molecule has 1 aliphatic heterocycles.